The van der Waals surface area contributed by atoms with Gasteiger partial charge in [-0.2, -0.15) is 5.10 Å². The van der Waals surface area contributed by atoms with Crippen LogP contribution in [0.4, 0.5) is 0 Å². The summed E-state index contributed by atoms with van der Waals surface area (Å²) in [4.78, 5) is 14.4. The van der Waals surface area contributed by atoms with Crippen LogP contribution in [-0.4, -0.2) is 34.7 Å². The summed E-state index contributed by atoms with van der Waals surface area (Å²) < 4.78 is 12.9. The zero-order valence-corrected chi connectivity index (χ0v) is 16.8. The van der Waals surface area contributed by atoms with Gasteiger partial charge in [0.1, 0.15) is 18.1 Å². The summed E-state index contributed by atoms with van der Waals surface area (Å²) in [5.41, 5.74) is 2.18. The lowest BCUT2D eigenvalue weighted by Gasteiger charge is -2.17. The molecule has 0 saturated heterocycles. The minimum absolute atomic E-state index is 0.0963. The quantitative estimate of drug-likeness (QED) is 0.604. The maximum atomic E-state index is 12.8. The van der Waals surface area contributed by atoms with Gasteiger partial charge in [0.2, 0.25) is 0 Å². The number of amides is 1. The molecule has 0 saturated carbocycles. The SMILES string of the molecule is COc1ccc(C(=O)N(C)Cc2ccn(C)n2)cc1COc1ccc(Cl)cc1. The molecule has 0 aliphatic heterocycles. The Kier molecular flexibility index (Phi) is 6.21. The number of carbonyl (C=O) groups is 1. The van der Waals surface area contributed by atoms with Gasteiger partial charge in [-0.25, -0.2) is 0 Å². The van der Waals surface area contributed by atoms with Crippen molar-refractivity contribution in [3.8, 4) is 11.5 Å². The second-order valence-corrected chi connectivity index (χ2v) is 6.85. The molecule has 1 heterocycles. The van der Waals surface area contributed by atoms with Crippen molar-refractivity contribution in [3.05, 3.63) is 76.6 Å². The van der Waals surface area contributed by atoms with Crippen molar-refractivity contribution in [1.82, 2.24) is 14.7 Å². The second-order valence-electron chi connectivity index (χ2n) is 6.41. The van der Waals surface area contributed by atoms with E-state index in [9.17, 15) is 4.79 Å². The highest BCUT2D eigenvalue weighted by Crippen LogP contribution is 2.24. The monoisotopic (exact) mass is 399 g/mol. The molecule has 0 radical (unpaired) electrons. The van der Waals surface area contributed by atoms with Crippen LogP contribution in [0.15, 0.2) is 54.7 Å². The zero-order chi connectivity index (χ0) is 20.1. The number of aryl methyl sites for hydroxylation is 1. The number of carbonyl (C=O) groups excluding carboxylic acids is 1. The molecule has 1 aromatic heterocycles. The van der Waals surface area contributed by atoms with Gasteiger partial charge in [-0.05, 0) is 48.5 Å². The molecule has 0 fully saturated rings. The van der Waals surface area contributed by atoms with Crippen LogP contribution in [0.25, 0.3) is 0 Å². The van der Waals surface area contributed by atoms with Crippen LogP contribution >= 0.6 is 11.6 Å². The van der Waals surface area contributed by atoms with Crippen LogP contribution in [0, 0.1) is 0 Å². The van der Waals surface area contributed by atoms with Gasteiger partial charge >= 0.3 is 0 Å². The van der Waals surface area contributed by atoms with Crippen molar-refractivity contribution in [1.29, 1.82) is 0 Å². The molecular weight excluding hydrogens is 378 g/mol. The zero-order valence-electron chi connectivity index (χ0n) is 16.1. The molecule has 0 unspecified atom stereocenters. The van der Waals surface area contributed by atoms with Crippen molar-refractivity contribution in [2.24, 2.45) is 7.05 Å². The van der Waals surface area contributed by atoms with Crippen molar-refractivity contribution in [2.45, 2.75) is 13.2 Å². The Balaban J connectivity index is 1.73. The van der Waals surface area contributed by atoms with E-state index in [0.717, 1.165) is 11.3 Å². The van der Waals surface area contributed by atoms with Gasteiger partial charge in [0.05, 0.1) is 19.3 Å². The highest BCUT2D eigenvalue weighted by atomic mass is 35.5. The minimum Gasteiger partial charge on any atom is -0.496 e. The number of benzene rings is 2. The molecule has 0 spiro atoms. The van der Waals surface area contributed by atoms with Crippen molar-refractivity contribution in [3.63, 3.8) is 0 Å². The molecule has 0 atom stereocenters. The van der Waals surface area contributed by atoms with Crippen LogP contribution in [0.1, 0.15) is 21.6 Å². The Morgan fingerprint density at radius 2 is 1.93 bits per heavy atom. The molecule has 6 nitrogen and oxygen atoms in total. The van der Waals surface area contributed by atoms with Crippen molar-refractivity contribution in [2.75, 3.05) is 14.2 Å². The van der Waals surface area contributed by atoms with E-state index in [1.165, 1.54) is 0 Å². The summed E-state index contributed by atoms with van der Waals surface area (Å²) in [5, 5.41) is 4.96. The fourth-order valence-electron chi connectivity index (χ4n) is 2.80. The van der Waals surface area contributed by atoms with Gasteiger partial charge in [-0.15, -0.1) is 0 Å². The first-order chi connectivity index (χ1) is 13.5. The van der Waals surface area contributed by atoms with Gasteiger partial charge in [0, 0.05) is 36.4 Å². The van der Waals surface area contributed by atoms with Crippen LogP contribution in [0.5, 0.6) is 11.5 Å². The molecule has 0 aliphatic carbocycles. The number of rotatable bonds is 7. The Bertz CT molecular complexity index is 954. The van der Waals surface area contributed by atoms with Gasteiger partial charge in [0.25, 0.3) is 5.91 Å². The maximum absolute atomic E-state index is 12.8. The molecular formula is C21H22ClN3O3. The van der Waals surface area contributed by atoms with E-state index in [1.54, 1.807) is 66.2 Å². The largest absolute Gasteiger partial charge is 0.496 e. The van der Waals surface area contributed by atoms with Gasteiger partial charge in [-0.1, -0.05) is 11.6 Å². The van der Waals surface area contributed by atoms with E-state index in [2.05, 4.69) is 5.10 Å². The average Bonchev–Trinajstić information content (AvgIpc) is 3.11. The van der Waals surface area contributed by atoms with E-state index in [1.807, 2.05) is 19.3 Å². The molecule has 0 N–H and O–H groups in total. The predicted octanol–water partition coefficient (Wildman–Crippen LogP) is 3.93. The molecule has 3 aromatic rings. The number of hydrogen-bond acceptors (Lipinski definition) is 4. The Morgan fingerprint density at radius 3 is 2.57 bits per heavy atom. The molecule has 7 heteroatoms. The number of ether oxygens (including phenoxy) is 2. The highest BCUT2D eigenvalue weighted by molar-refractivity contribution is 6.30. The van der Waals surface area contributed by atoms with E-state index in [4.69, 9.17) is 21.1 Å². The third-order valence-corrected chi connectivity index (χ3v) is 4.50. The van der Waals surface area contributed by atoms with E-state index < -0.39 is 0 Å². The van der Waals surface area contributed by atoms with Crippen LogP contribution < -0.4 is 9.47 Å². The van der Waals surface area contributed by atoms with Gasteiger partial charge in [-0.3, -0.25) is 9.48 Å². The molecule has 146 valence electrons. The molecule has 28 heavy (non-hydrogen) atoms. The van der Waals surface area contributed by atoms with Crippen molar-refractivity contribution < 1.29 is 14.3 Å². The first-order valence-electron chi connectivity index (χ1n) is 8.75. The van der Waals surface area contributed by atoms with Crippen LogP contribution in [0.3, 0.4) is 0 Å². The smallest absolute Gasteiger partial charge is 0.253 e. The minimum atomic E-state index is -0.0963. The summed E-state index contributed by atoms with van der Waals surface area (Å²) in [5.74, 6) is 1.26. The van der Waals surface area contributed by atoms with E-state index in [0.29, 0.717) is 28.6 Å². The van der Waals surface area contributed by atoms with E-state index >= 15 is 0 Å². The number of methoxy groups -OCH3 is 1. The van der Waals surface area contributed by atoms with Crippen LogP contribution in [0.2, 0.25) is 5.02 Å². The lowest BCUT2D eigenvalue weighted by Crippen LogP contribution is -2.26. The third kappa shape index (κ3) is 4.84. The Hall–Kier alpha value is -2.99. The number of aromatic nitrogens is 2. The Morgan fingerprint density at radius 1 is 1.18 bits per heavy atom. The third-order valence-electron chi connectivity index (χ3n) is 4.25. The summed E-state index contributed by atoms with van der Waals surface area (Å²) in [6.07, 6.45) is 1.85. The summed E-state index contributed by atoms with van der Waals surface area (Å²) in [6.45, 7) is 0.707. The molecule has 0 aliphatic rings. The Labute approximate surface area is 169 Å². The van der Waals surface area contributed by atoms with E-state index in [-0.39, 0.29) is 12.5 Å². The maximum Gasteiger partial charge on any atom is 0.253 e. The second kappa shape index (κ2) is 8.80. The highest BCUT2D eigenvalue weighted by Gasteiger charge is 2.16. The topological polar surface area (TPSA) is 56.6 Å². The molecule has 1 amide bonds. The van der Waals surface area contributed by atoms with Gasteiger partial charge < -0.3 is 14.4 Å². The summed E-state index contributed by atoms with van der Waals surface area (Å²) >= 11 is 5.90. The van der Waals surface area contributed by atoms with Gasteiger partial charge in [0.15, 0.2) is 0 Å². The lowest BCUT2D eigenvalue weighted by atomic mass is 10.1. The first kappa shape index (κ1) is 19.8. The average molecular weight is 400 g/mol. The number of nitrogens with zero attached hydrogens (tertiary/aromatic N) is 3. The lowest BCUT2D eigenvalue weighted by molar-refractivity contribution is 0.0783. The number of hydrogen-bond donors (Lipinski definition) is 0. The van der Waals surface area contributed by atoms with Crippen LogP contribution in [-0.2, 0) is 20.2 Å². The number of halogens is 1. The van der Waals surface area contributed by atoms with Crippen molar-refractivity contribution >= 4 is 17.5 Å². The molecule has 2 aromatic carbocycles. The standard InChI is InChI=1S/C21H22ClN3O3/c1-24(13-18-10-11-25(2)23-18)21(26)15-4-9-20(27-3)16(12-15)14-28-19-7-5-17(22)6-8-19/h4-12H,13-14H2,1-3H3. The summed E-state index contributed by atoms with van der Waals surface area (Å²) in [7, 11) is 5.20. The molecule has 3 rings (SSSR count). The first-order valence-corrected chi connectivity index (χ1v) is 9.13. The summed E-state index contributed by atoms with van der Waals surface area (Å²) in [6, 6.07) is 14.3. The normalized spacial score (nSPS) is 10.6. The molecule has 0 bridgehead atoms. The predicted molar refractivity (Wildman–Crippen MR) is 108 cm³/mol. The fraction of sp³-hybridized carbons (Fsp3) is 0.238. The fourth-order valence-corrected chi connectivity index (χ4v) is 2.92.